The molecule has 0 N–H and O–H groups in total. The van der Waals surface area contributed by atoms with Crippen molar-refractivity contribution >= 4 is 0 Å². The maximum atomic E-state index is 4.24. The highest BCUT2D eigenvalue weighted by Crippen LogP contribution is 2.41. The average Bonchev–Trinajstić information content (AvgIpc) is 2.85. The van der Waals surface area contributed by atoms with E-state index in [0.29, 0.717) is 5.41 Å². The summed E-state index contributed by atoms with van der Waals surface area (Å²) in [4.78, 5) is 0. The molecule has 0 nitrogen and oxygen atoms in total. The lowest BCUT2D eigenvalue weighted by atomic mass is 9.72. The van der Waals surface area contributed by atoms with Crippen LogP contribution in [0.4, 0.5) is 0 Å². The summed E-state index contributed by atoms with van der Waals surface area (Å²) in [5, 5.41) is 0. The molecule has 0 bridgehead atoms. The molecule has 0 fully saturated rings. The summed E-state index contributed by atoms with van der Waals surface area (Å²) in [6, 6.07) is 0. The van der Waals surface area contributed by atoms with E-state index in [1.54, 1.807) is 11.1 Å². The average molecular weight is 541 g/mol. The summed E-state index contributed by atoms with van der Waals surface area (Å²) in [6.45, 7) is 25.1. The Morgan fingerprint density at radius 3 is 1.88 bits per heavy atom. The van der Waals surface area contributed by atoms with Crippen LogP contribution in [-0.4, -0.2) is 0 Å². The highest BCUT2D eigenvalue weighted by Gasteiger charge is 2.27. The molecule has 220 valence electrons. The second-order valence-electron chi connectivity index (χ2n) is 13.9. The molecule has 0 aromatic rings. The van der Waals surface area contributed by atoms with Crippen LogP contribution in [0.15, 0.2) is 106 Å². The van der Waals surface area contributed by atoms with Gasteiger partial charge in [0.2, 0.25) is 0 Å². The van der Waals surface area contributed by atoms with Crippen LogP contribution in [0.5, 0.6) is 0 Å². The number of hydrogen-bond acceptors (Lipinski definition) is 0. The summed E-state index contributed by atoms with van der Waals surface area (Å²) in [5.74, 6) is 0. The Hall–Kier alpha value is -2.34. The summed E-state index contributed by atoms with van der Waals surface area (Å²) in [6.07, 6.45) is 34.1. The van der Waals surface area contributed by atoms with Crippen LogP contribution in [0.2, 0.25) is 0 Å². The van der Waals surface area contributed by atoms with Crippen molar-refractivity contribution in [3.63, 3.8) is 0 Å². The summed E-state index contributed by atoms with van der Waals surface area (Å²) in [7, 11) is 0. The molecule has 2 rings (SSSR count). The van der Waals surface area contributed by atoms with E-state index in [1.165, 1.54) is 72.8 Å². The van der Waals surface area contributed by atoms with Crippen molar-refractivity contribution in [2.24, 2.45) is 10.8 Å². The van der Waals surface area contributed by atoms with E-state index >= 15 is 0 Å². The molecule has 0 radical (unpaired) electrons. The van der Waals surface area contributed by atoms with Crippen molar-refractivity contribution in [2.75, 3.05) is 0 Å². The fraction of sp³-hybridized carbons (Fsp3) is 0.550. The first kappa shape index (κ1) is 33.9. The fourth-order valence-corrected chi connectivity index (χ4v) is 6.33. The predicted molar refractivity (Wildman–Crippen MR) is 182 cm³/mol. The molecule has 0 amide bonds. The van der Waals surface area contributed by atoms with Gasteiger partial charge in [0.1, 0.15) is 0 Å². The van der Waals surface area contributed by atoms with E-state index < -0.39 is 0 Å². The predicted octanol–water partition coefficient (Wildman–Crippen LogP) is 13.1. The highest BCUT2D eigenvalue weighted by molar-refractivity contribution is 5.39. The van der Waals surface area contributed by atoms with Crippen molar-refractivity contribution in [1.82, 2.24) is 0 Å². The van der Waals surface area contributed by atoms with Gasteiger partial charge in [0.05, 0.1) is 0 Å². The lowest BCUT2D eigenvalue weighted by molar-refractivity contribution is 0.376. The quantitative estimate of drug-likeness (QED) is 0.124. The van der Waals surface area contributed by atoms with E-state index in [2.05, 4.69) is 124 Å². The van der Waals surface area contributed by atoms with E-state index in [-0.39, 0.29) is 5.41 Å². The first-order valence-corrected chi connectivity index (χ1v) is 15.9. The van der Waals surface area contributed by atoms with E-state index in [4.69, 9.17) is 0 Å². The monoisotopic (exact) mass is 540 g/mol. The molecule has 0 saturated heterocycles. The molecular weight excluding hydrogens is 480 g/mol. The topological polar surface area (TPSA) is 0 Å². The van der Waals surface area contributed by atoms with Gasteiger partial charge in [0.15, 0.2) is 0 Å². The summed E-state index contributed by atoms with van der Waals surface area (Å²) < 4.78 is 0. The zero-order valence-corrected chi connectivity index (χ0v) is 27.7. The standard InChI is InChI=1S/C40H60/c1-31(19-13-21-33(3)25-27-37-35(5)23-15-29-39(37,7)8)17-11-12-18-32(2)20-14-22-34(4)26-28-38-36(6)24-16-30-40(38,9)10/h13,18-19,21-22,25-28H,3,11-12,14-17,20,23-24,29-30H2,1-2,4-10H3/b21-13+,27-25+,28-26+,31-19+,32-18+,34-22+. The van der Waals surface area contributed by atoms with Crippen LogP contribution >= 0.6 is 0 Å². The number of unbranched alkanes of at least 4 members (excludes halogenated alkanes) is 1. The fourth-order valence-electron chi connectivity index (χ4n) is 6.33. The Morgan fingerprint density at radius 1 is 0.725 bits per heavy atom. The highest BCUT2D eigenvalue weighted by atomic mass is 14.3. The number of rotatable bonds is 13. The molecule has 0 atom stereocenters. The molecule has 0 spiro atoms. The molecule has 0 aromatic carbocycles. The van der Waals surface area contributed by atoms with Gasteiger partial charge >= 0.3 is 0 Å². The van der Waals surface area contributed by atoms with Crippen molar-refractivity contribution in [3.8, 4) is 0 Å². The van der Waals surface area contributed by atoms with Gasteiger partial charge in [-0.3, -0.25) is 0 Å². The number of hydrogen-bond donors (Lipinski definition) is 0. The Kier molecular flexibility index (Phi) is 13.7. The van der Waals surface area contributed by atoms with Crippen molar-refractivity contribution in [2.45, 2.75) is 133 Å². The van der Waals surface area contributed by atoms with Gasteiger partial charge in [-0.15, -0.1) is 0 Å². The zero-order chi connectivity index (χ0) is 29.8. The molecule has 0 heterocycles. The smallest absolute Gasteiger partial charge is 0.0104 e. The third kappa shape index (κ3) is 11.6. The minimum atomic E-state index is 0.280. The van der Waals surface area contributed by atoms with Gasteiger partial charge in [0, 0.05) is 0 Å². The Bertz CT molecular complexity index is 1110. The van der Waals surface area contributed by atoms with Crippen LogP contribution < -0.4 is 0 Å². The first-order chi connectivity index (χ1) is 18.8. The minimum absolute atomic E-state index is 0.280. The van der Waals surface area contributed by atoms with E-state index in [1.807, 2.05) is 0 Å². The Balaban J connectivity index is 1.72. The second-order valence-corrected chi connectivity index (χ2v) is 13.9. The Morgan fingerprint density at radius 2 is 1.30 bits per heavy atom. The van der Waals surface area contributed by atoms with Crippen LogP contribution in [0, 0.1) is 10.8 Å². The normalized spacial score (nSPS) is 21.0. The SMILES string of the molecule is C=C(/C=C/C=C(\C)CCC/C=C(\C)CC/C=C(C)/C=C/C1=C(C)CCCC1(C)C)/C=C/C1=C(C)CCCC1(C)C. The van der Waals surface area contributed by atoms with Crippen molar-refractivity contribution in [3.05, 3.63) is 106 Å². The zero-order valence-electron chi connectivity index (χ0n) is 27.7. The van der Waals surface area contributed by atoms with E-state index in [0.717, 1.165) is 31.3 Å². The molecule has 40 heavy (non-hydrogen) atoms. The summed E-state index contributed by atoms with van der Waals surface area (Å²) in [5.41, 5.74) is 12.1. The van der Waals surface area contributed by atoms with Crippen LogP contribution in [0.3, 0.4) is 0 Å². The van der Waals surface area contributed by atoms with Gasteiger partial charge in [-0.2, -0.15) is 0 Å². The molecule has 0 aliphatic heterocycles. The van der Waals surface area contributed by atoms with Gasteiger partial charge in [-0.05, 0) is 133 Å². The molecule has 0 aromatic heterocycles. The van der Waals surface area contributed by atoms with Gasteiger partial charge in [-0.1, -0.05) is 117 Å². The number of allylic oxidation sites excluding steroid dienone is 17. The maximum Gasteiger partial charge on any atom is -0.0104 e. The van der Waals surface area contributed by atoms with Crippen LogP contribution in [0.25, 0.3) is 0 Å². The van der Waals surface area contributed by atoms with Crippen molar-refractivity contribution < 1.29 is 0 Å². The lowest BCUT2D eigenvalue weighted by Crippen LogP contribution is -2.19. The second kappa shape index (κ2) is 16.2. The maximum absolute atomic E-state index is 4.24. The van der Waals surface area contributed by atoms with Crippen LogP contribution in [-0.2, 0) is 0 Å². The Labute approximate surface area is 249 Å². The molecule has 0 saturated carbocycles. The van der Waals surface area contributed by atoms with Crippen molar-refractivity contribution in [1.29, 1.82) is 0 Å². The third-order valence-corrected chi connectivity index (χ3v) is 9.03. The minimum Gasteiger partial charge on any atom is -0.0918 e. The van der Waals surface area contributed by atoms with Crippen LogP contribution in [0.1, 0.15) is 133 Å². The molecular formula is C40H60. The van der Waals surface area contributed by atoms with E-state index in [9.17, 15) is 0 Å². The largest absolute Gasteiger partial charge is 0.0918 e. The van der Waals surface area contributed by atoms with Gasteiger partial charge in [-0.25, -0.2) is 0 Å². The van der Waals surface area contributed by atoms with Gasteiger partial charge < -0.3 is 0 Å². The molecule has 0 unspecified atom stereocenters. The third-order valence-electron chi connectivity index (χ3n) is 9.03. The summed E-state index contributed by atoms with van der Waals surface area (Å²) >= 11 is 0. The first-order valence-electron chi connectivity index (χ1n) is 15.9. The lowest BCUT2D eigenvalue weighted by Gasteiger charge is -2.33. The molecule has 2 aliphatic carbocycles. The molecule has 2 aliphatic rings. The molecule has 0 heteroatoms. The van der Waals surface area contributed by atoms with Gasteiger partial charge in [0.25, 0.3) is 0 Å².